The van der Waals surface area contributed by atoms with Crippen molar-refractivity contribution in [1.29, 1.82) is 0 Å². The molecule has 0 aromatic carbocycles. The molecule has 0 saturated carbocycles. The second-order valence-corrected chi connectivity index (χ2v) is 5.81. The maximum Gasteiger partial charge on any atom is 0.0492 e. The number of nitrogens with one attached hydrogen (secondary N) is 1. The summed E-state index contributed by atoms with van der Waals surface area (Å²) in [5.74, 6) is 0.705. The molecule has 0 aliphatic carbocycles. The lowest BCUT2D eigenvalue weighted by Gasteiger charge is -2.41. The molecule has 1 aromatic rings. The van der Waals surface area contributed by atoms with Gasteiger partial charge in [-0.05, 0) is 18.9 Å². The highest BCUT2D eigenvalue weighted by Crippen LogP contribution is 2.15. The predicted molar refractivity (Wildman–Crippen MR) is 74.6 cm³/mol. The van der Waals surface area contributed by atoms with Crippen LogP contribution in [0.2, 0.25) is 0 Å². The van der Waals surface area contributed by atoms with Crippen molar-refractivity contribution in [2.24, 2.45) is 13.0 Å². The quantitative estimate of drug-likeness (QED) is 0.874. The Kier molecular flexibility index (Phi) is 4.40. The smallest absolute Gasteiger partial charge is 0.0492 e. The van der Waals surface area contributed by atoms with Gasteiger partial charge in [0.1, 0.15) is 0 Å². The standard InChI is InChI=1S/C14H26N4/c1-11(2)14-9-15-12(3)10-18(14)8-6-13-5-7-16-17(13)4/h5,7,11-12,14-15H,6,8-10H2,1-4H3. The minimum Gasteiger partial charge on any atom is -0.311 e. The summed E-state index contributed by atoms with van der Waals surface area (Å²) in [5, 5.41) is 7.82. The fourth-order valence-electron chi connectivity index (χ4n) is 2.82. The molecule has 2 atom stereocenters. The van der Waals surface area contributed by atoms with Crippen LogP contribution in [0.25, 0.3) is 0 Å². The molecule has 1 aliphatic rings. The maximum absolute atomic E-state index is 4.24. The summed E-state index contributed by atoms with van der Waals surface area (Å²) in [5.41, 5.74) is 1.32. The number of piperazine rings is 1. The molecule has 1 N–H and O–H groups in total. The normalized spacial score (nSPS) is 25.8. The monoisotopic (exact) mass is 250 g/mol. The Morgan fingerprint density at radius 3 is 2.89 bits per heavy atom. The highest BCUT2D eigenvalue weighted by atomic mass is 15.3. The number of hydrogen-bond acceptors (Lipinski definition) is 3. The molecule has 4 nitrogen and oxygen atoms in total. The van der Waals surface area contributed by atoms with E-state index in [1.165, 1.54) is 5.69 Å². The second-order valence-electron chi connectivity index (χ2n) is 5.81. The first kappa shape index (κ1) is 13.6. The number of nitrogens with zero attached hydrogens (tertiary/aromatic N) is 3. The average Bonchev–Trinajstić information content (AvgIpc) is 2.72. The van der Waals surface area contributed by atoms with Gasteiger partial charge in [0.25, 0.3) is 0 Å². The van der Waals surface area contributed by atoms with Crippen LogP contribution in [0.15, 0.2) is 12.3 Å². The Morgan fingerprint density at radius 1 is 1.50 bits per heavy atom. The van der Waals surface area contributed by atoms with Crippen LogP contribution in [0.3, 0.4) is 0 Å². The molecule has 0 spiro atoms. The van der Waals surface area contributed by atoms with Crippen molar-refractivity contribution in [3.63, 3.8) is 0 Å². The summed E-state index contributed by atoms with van der Waals surface area (Å²) in [7, 11) is 2.02. The van der Waals surface area contributed by atoms with E-state index in [4.69, 9.17) is 0 Å². The minimum absolute atomic E-state index is 0.603. The van der Waals surface area contributed by atoms with E-state index in [0.717, 1.165) is 26.1 Å². The molecule has 1 fully saturated rings. The molecule has 1 aliphatic heterocycles. The Hall–Kier alpha value is -0.870. The first-order valence-electron chi connectivity index (χ1n) is 7.02. The van der Waals surface area contributed by atoms with E-state index >= 15 is 0 Å². The van der Waals surface area contributed by atoms with Gasteiger partial charge in [0.05, 0.1) is 0 Å². The molecule has 0 bridgehead atoms. The summed E-state index contributed by atoms with van der Waals surface area (Å²) >= 11 is 0. The summed E-state index contributed by atoms with van der Waals surface area (Å²) in [6.07, 6.45) is 2.97. The molecule has 2 unspecified atom stereocenters. The largest absolute Gasteiger partial charge is 0.311 e. The van der Waals surface area contributed by atoms with Crippen molar-refractivity contribution in [1.82, 2.24) is 20.0 Å². The zero-order chi connectivity index (χ0) is 13.1. The van der Waals surface area contributed by atoms with Gasteiger partial charge >= 0.3 is 0 Å². The SMILES string of the molecule is CC1CN(CCc2ccnn2C)C(C(C)C)CN1. The van der Waals surface area contributed by atoms with Gasteiger partial charge in [-0.1, -0.05) is 13.8 Å². The van der Waals surface area contributed by atoms with Gasteiger partial charge in [-0.25, -0.2) is 0 Å². The summed E-state index contributed by atoms with van der Waals surface area (Å²) < 4.78 is 1.98. The van der Waals surface area contributed by atoms with Crippen molar-refractivity contribution < 1.29 is 0 Å². The highest BCUT2D eigenvalue weighted by molar-refractivity contribution is 5.01. The molecule has 2 rings (SSSR count). The molecular weight excluding hydrogens is 224 g/mol. The van der Waals surface area contributed by atoms with Crippen LogP contribution in [-0.4, -0.2) is 46.4 Å². The van der Waals surface area contributed by atoms with Gasteiger partial charge in [0, 0.05) is 57.1 Å². The van der Waals surface area contributed by atoms with Gasteiger partial charge in [-0.3, -0.25) is 9.58 Å². The number of aromatic nitrogens is 2. The fourth-order valence-corrected chi connectivity index (χ4v) is 2.82. The molecule has 102 valence electrons. The van der Waals surface area contributed by atoms with Crippen LogP contribution >= 0.6 is 0 Å². The zero-order valence-corrected chi connectivity index (χ0v) is 12.1. The average molecular weight is 250 g/mol. The van der Waals surface area contributed by atoms with Crippen LogP contribution in [-0.2, 0) is 13.5 Å². The van der Waals surface area contributed by atoms with E-state index in [1.807, 2.05) is 17.9 Å². The maximum atomic E-state index is 4.24. The van der Waals surface area contributed by atoms with E-state index in [-0.39, 0.29) is 0 Å². The van der Waals surface area contributed by atoms with Crippen LogP contribution in [0.4, 0.5) is 0 Å². The lowest BCUT2D eigenvalue weighted by atomic mass is 9.98. The van der Waals surface area contributed by atoms with Crippen LogP contribution < -0.4 is 5.32 Å². The molecular formula is C14H26N4. The predicted octanol–water partition coefficient (Wildman–Crippen LogP) is 1.28. The molecule has 2 heterocycles. The minimum atomic E-state index is 0.603. The first-order chi connectivity index (χ1) is 8.58. The third kappa shape index (κ3) is 3.12. The van der Waals surface area contributed by atoms with Crippen molar-refractivity contribution in [2.75, 3.05) is 19.6 Å². The Morgan fingerprint density at radius 2 is 2.28 bits per heavy atom. The molecule has 0 amide bonds. The molecule has 18 heavy (non-hydrogen) atoms. The Bertz CT molecular complexity index is 372. The van der Waals surface area contributed by atoms with E-state index in [1.54, 1.807) is 0 Å². The van der Waals surface area contributed by atoms with Gasteiger partial charge in [0.2, 0.25) is 0 Å². The van der Waals surface area contributed by atoms with Crippen LogP contribution in [0.1, 0.15) is 26.5 Å². The van der Waals surface area contributed by atoms with Gasteiger partial charge in [-0.15, -0.1) is 0 Å². The number of rotatable bonds is 4. The van der Waals surface area contributed by atoms with Crippen LogP contribution in [0.5, 0.6) is 0 Å². The Labute approximate surface area is 110 Å². The third-order valence-electron chi connectivity index (χ3n) is 4.00. The third-order valence-corrected chi connectivity index (χ3v) is 4.00. The van der Waals surface area contributed by atoms with Gasteiger partial charge < -0.3 is 5.32 Å². The van der Waals surface area contributed by atoms with Crippen molar-refractivity contribution in [2.45, 2.75) is 39.3 Å². The van der Waals surface area contributed by atoms with Gasteiger partial charge in [-0.2, -0.15) is 5.10 Å². The zero-order valence-electron chi connectivity index (χ0n) is 12.1. The summed E-state index contributed by atoms with van der Waals surface area (Å²) in [6, 6.07) is 3.39. The molecule has 1 saturated heterocycles. The highest BCUT2D eigenvalue weighted by Gasteiger charge is 2.27. The molecule has 4 heteroatoms. The van der Waals surface area contributed by atoms with Crippen molar-refractivity contribution in [3.05, 3.63) is 18.0 Å². The Balaban J connectivity index is 1.94. The fraction of sp³-hybridized carbons (Fsp3) is 0.786. The van der Waals surface area contributed by atoms with E-state index in [2.05, 4.69) is 42.2 Å². The summed E-state index contributed by atoms with van der Waals surface area (Å²) in [6.45, 7) is 10.3. The molecule has 0 radical (unpaired) electrons. The van der Waals surface area contributed by atoms with Crippen molar-refractivity contribution in [3.8, 4) is 0 Å². The lowest BCUT2D eigenvalue weighted by Crippen LogP contribution is -2.57. The topological polar surface area (TPSA) is 33.1 Å². The number of aryl methyl sites for hydroxylation is 1. The van der Waals surface area contributed by atoms with Crippen molar-refractivity contribution >= 4 is 0 Å². The van der Waals surface area contributed by atoms with E-state index in [0.29, 0.717) is 18.0 Å². The van der Waals surface area contributed by atoms with E-state index < -0.39 is 0 Å². The van der Waals surface area contributed by atoms with Gasteiger partial charge in [0.15, 0.2) is 0 Å². The summed E-state index contributed by atoms with van der Waals surface area (Å²) in [4.78, 5) is 2.64. The number of hydrogen-bond donors (Lipinski definition) is 1. The lowest BCUT2D eigenvalue weighted by molar-refractivity contribution is 0.104. The van der Waals surface area contributed by atoms with E-state index in [9.17, 15) is 0 Å². The van der Waals surface area contributed by atoms with Crippen LogP contribution in [0, 0.1) is 5.92 Å². The second kappa shape index (κ2) is 5.85. The molecule has 1 aromatic heterocycles. The first-order valence-corrected chi connectivity index (χ1v) is 7.02.